The Morgan fingerprint density at radius 1 is 1.14 bits per heavy atom. The van der Waals surface area contributed by atoms with E-state index in [0.717, 1.165) is 11.0 Å². The molecule has 1 heterocycles. The van der Waals surface area contributed by atoms with Crippen LogP contribution >= 0.6 is 11.6 Å². The van der Waals surface area contributed by atoms with Gasteiger partial charge >= 0.3 is 12.0 Å². The fraction of sp³-hybridized carbons (Fsp3) is 0.174. The van der Waals surface area contributed by atoms with Crippen molar-refractivity contribution in [3.63, 3.8) is 0 Å². The average molecular weight is 498 g/mol. The number of hydrogen-bond acceptors (Lipinski definition) is 8. The second kappa shape index (κ2) is 11.2. The summed E-state index contributed by atoms with van der Waals surface area (Å²) in [6.07, 6.45) is 3.23. The van der Waals surface area contributed by atoms with Crippen LogP contribution in [0.1, 0.15) is 35.7 Å². The molecule has 2 aromatic carbocycles. The number of rotatable bonds is 7. The zero-order valence-corrected chi connectivity index (χ0v) is 19.5. The molecule has 3 rings (SSSR count). The third kappa shape index (κ3) is 6.15. The minimum Gasteiger partial charge on any atom is -0.424 e. The van der Waals surface area contributed by atoms with Crippen molar-refractivity contribution in [2.75, 3.05) is 4.90 Å². The third-order valence-electron chi connectivity index (χ3n) is 4.70. The van der Waals surface area contributed by atoms with Gasteiger partial charge in [0.15, 0.2) is 0 Å². The second-order valence-corrected chi connectivity index (χ2v) is 7.68. The summed E-state index contributed by atoms with van der Waals surface area (Å²) in [5.41, 5.74) is -0.0472. The summed E-state index contributed by atoms with van der Waals surface area (Å²) in [7, 11) is 0. The third-order valence-corrected chi connectivity index (χ3v) is 4.89. The Bertz CT molecular complexity index is 1280. The molecular weight excluding hydrogens is 478 g/mol. The lowest BCUT2D eigenvalue weighted by atomic mass is 10.1. The standard InChI is InChI=1S/C23H20ClN5O6/c1-3-6-20(30)28(23(32)27-21(31)17-7-4-5-8-18(17)29(33)34)16-9-10-19(14(2)11-16)35-22-25-12-15(24)13-26-22/h4-5,7-13H,3,6H2,1-2H3,(H,27,31,32). The Kier molecular flexibility index (Phi) is 8.05. The van der Waals surface area contributed by atoms with Crippen molar-refractivity contribution in [1.29, 1.82) is 0 Å². The zero-order valence-electron chi connectivity index (χ0n) is 18.7. The van der Waals surface area contributed by atoms with E-state index in [4.69, 9.17) is 16.3 Å². The first kappa shape index (κ1) is 25.2. The number of ether oxygens (including phenoxy) is 1. The van der Waals surface area contributed by atoms with Crippen molar-refractivity contribution < 1.29 is 24.0 Å². The van der Waals surface area contributed by atoms with Crippen LogP contribution < -0.4 is 15.0 Å². The van der Waals surface area contributed by atoms with E-state index in [1.54, 1.807) is 13.8 Å². The highest BCUT2D eigenvalue weighted by atomic mass is 35.5. The van der Waals surface area contributed by atoms with E-state index >= 15 is 0 Å². The first-order chi connectivity index (χ1) is 16.7. The van der Waals surface area contributed by atoms with E-state index in [1.807, 2.05) is 0 Å². The van der Waals surface area contributed by atoms with Crippen LogP contribution in [0.15, 0.2) is 54.9 Å². The van der Waals surface area contributed by atoms with Crippen LogP contribution in [-0.4, -0.2) is 32.7 Å². The maximum atomic E-state index is 13.0. The second-order valence-electron chi connectivity index (χ2n) is 7.25. The Morgan fingerprint density at radius 3 is 2.46 bits per heavy atom. The number of para-hydroxylation sites is 1. The first-order valence-corrected chi connectivity index (χ1v) is 10.8. The van der Waals surface area contributed by atoms with Gasteiger partial charge in [0.2, 0.25) is 5.91 Å². The molecular formula is C23H20ClN5O6. The van der Waals surface area contributed by atoms with Gasteiger partial charge in [-0.1, -0.05) is 30.7 Å². The molecule has 180 valence electrons. The summed E-state index contributed by atoms with van der Waals surface area (Å²) >= 11 is 5.77. The van der Waals surface area contributed by atoms with E-state index in [0.29, 0.717) is 22.8 Å². The molecule has 1 N–H and O–H groups in total. The van der Waals surface area contributed by atoms with Crippen molar-refractivity contribution in [2.45, 2.75) is 26.7 Å². The molecule has 0 atom stereocenters. The van der Waals surface area contributed by atoms with Gasteiger partial charge < -0.3 is 4.74 Å². The van der Waals surface area contributed by atoms with Crippen LogP contribution in [0.2, 0.25) is 5.02 Å². The summed E-state index contributed by atoms with van der Waals surface area (Å²) in [5, 5.41) is 13.6. The van der Waals surface area contributed by atoms with Gasteiger partial charge in [-0.05, 0) is 43.2 Å². The van der Waals surface area contributed by atoms with Crippen molar-refractivity contribution in [3.8, 4) is 11.8 Å². The molecule has 11 nitrogen and oxygen atoms in total. The molecule has 0 aliphatic carbocycles. The highest BCUT2D eigenvalue weighted by Crippen LogP contribution is 2.28. The van der Waals surface area contributed by atoms with Crippen LogP contribution in [0.3, 0.4) is 0 Å². The topological polar surface area (TPSA) is 145 Å². The maximum Gasteiger partial charge on any atom is 0.335 e. The number of carbonyl (C=O) groups excluding carboxylic acids is 3. The number of anilines is 1. The van der Waals surface area contributed by atoms with Crippen LogP contribution in [-0.2, 0) is 4.79 Å². The number of nitro benzene ring substituents is 1. The van der Waals surface area contributed by atoms with E-state index in [1.165, 1.54) is 48.8 Å². The molecule has 12 heteroatoms. The number of nitrogens with one attached hydrogen (secondary N) is 1. The largest absolute Gasteiger partial charge is 0.424 e. The summed E-state index contributed by atoms with van der Waals surface area (Å²) in [4.78, 5) is 57.6. The Labute approximate surface area is 204 Å². The number of urea groups is 1. The smallest absolute Gasteiger partial charge is 0.335 e. The minimum absolute atomic E-state index is 0.0308. The molecule has 0 radical (unpaired) electrons. The van der Waals surface area contributed by atoms with Gasteiger partial charge in [-0.2, -0.15) is 0 Å². The van der Waals surface area contributed by atoms with Gasteiger partial charge in [0.05, 0.1) is 28.0 Å². The maximum absolute atomic E-state index is 13.0. The van der Waals surface area contributed by atoms with Crippen LogP contribution in [0.5, 0.6) is 11.8 Å². The predicted molar refractivity (Wildman–Crippen MR) is 127 cm³/mol. The van der Waals surface area contributed by atoms with Crippen LogP contribution in [0.25, 0.3) is 0 Å². The highest BCUT2D eigenvalue weighted by molar-refractivity contribution is 6.30. The molecule has 0 unspecified atom stereocenters. The quantitative estimate of drug-likeness (QED) is 0.361. The van der Waals surface area contributed by atoms with Gasteiger partial charge in [-0.25, -0.2) is 19.7 Å². The lowest BCUT2D eigenvalue weighted by molar-refractivity contribution is -0.385. The molecule has 4 amide bonds. The molecule has 0 spiro atoms. The first-order valence-electron chi connectivity index (χ1n) is 10.4. The molecule has 3 aromatic rings. The van der Waals surface area contributed by atoms with Gasteiger partial charge in [0, 0.05) is 12.5 Å². The van der Waals surface area contributed by atoms with Gasteiger partial charge in [0.25, 0.3) is 11.6 Å². The Morgan fingerprint density at radius 2 is 1.83 bits per heavy atom. The predicted octanol–water partition coefficient (Wildman–Crippen LogP) is 4.82. The van der Waals surface area contributed by atoms with Crippen molar-refractivity contribution in [3.05, 3.63) is 81.1 Å². The molecule has 0 aliphatic rings. The number of aromatic nitrogens is 2. The number of imide groups is 2. The Hall–Kier alpha value is -4.38. The van der Waals surface area contributed by atoms with E-state index in [9.17, 15) is 24.5 Å². The van der Waals surface area contributed by atoms with Crippen molar-refractivity contribution in [2.24, 2.45) is 0 Å². The lowest BCUT2D eigenvalue weighted by Crippen LogP contribution is -2.46. The Balaban J connectivity index is 1.87. The van der Waals surface area contributed by atoms with E-state index < -0.39 is 28.5 Å². The number of nitrogens with zero attached hydrogens (tertiary/aromatic N) is 4. The van der Waals surface area contributed by atoms with Gasteiger partial charge in [0.1, 0.15) is 11.3 Å². The zero-order chi connectivity index (χ0) is 25.5. The number of nitro groups is 1. The molecule has 0 aliphatic heterocycles. The lowest BCUT2D eigenvalue weighted by Gasteiger charge is -2.22. The van der Waals surface area contributed by atoms with Crippen molar-refractivity contribution in [1.82, 2.24) is 15.3 Å². The normalized spacial score (nSPS) is 10.4. The molecule has 0 saturated carbocycles. The van der Waals surface area contributed by atoms with Gasteiger partial charge in [-0.3, -0.25) is 25.0 Å². The SMILES string of the molecule is CCCC(=O)N(C(=O)NC(=O)c1ccccc1[N+](=O)[O-])c1ccc(Oc2ncc(Cl)cn2)c(C)c1. The molecule has 0 fully saturated rings. The van der Waals surface area contributed by atoms with Crippen molar-refractivity contribution >= 4 is 40.8 Å². The summed E-state index contributed by atoms with van der Waals surface area (Å²) < 4.78 is 5.62. The monoisotopic (exact) mass is 497 g/mol. The molecule has 0 saturated heterocycles. The molecule has 1 aromatic heterocycles. The highest BCUT2D eigenvalue weighted by Gasteiger charge is 2.28. The minimum atomic E-state index is -1.04. The fourth-order valence-corrected chi connectivity index (χ4v) is 3.18. The number of halogens is 1. The number of amides is 4. The van der Waals surface area contributed by atoms with Gasteiger partial charge in [-0.15, -0.1) is 0 Å². The molecule has 35 heavy (non-hydrogen) atoms. The summed E-state index contributed by atoms with van der Waals surface area (Å²) in [6, 6.07) is 8.70. The van der Waals surface area contributed by atoms with E-state index in [-0.39, 0.29) is 23.7 Å². The average Bonchev–Trinajstić information content (AvgIpc) is 2.82. The fourth-order valence-electron chi connectivity index (χ4n) is 3.08. The summed E-state index contributed by atoms with van der Waals surface area (Å²) in [5.74, 6) is -1.20. The van der Waals surface area contributed by atoms with Crippen LogP contribution in [0.4, 0.5) is 16.2 Å². The number of carbonyl (C=O) groups is 3. The van der Waals surface area contributed by atoms with Crippen LogP contribution in [0, 0.1) is 17.0 Å². The number of aryl methyl sites for hydroxylation is 1. The number of benzene rings is 2. The van der Waals surface area contributed by atoms with E-state index in [2.05, 4.69) is 15.3 Å². The summed E-state index contributed by atoms with van der Waals surface area (Å²) in [6.45, 7) is 3.45. The molecule has 0 bridgehead atoms. The number of hydrogen-bond donors (Lipinski definition) is 1.